The smallest absolute Gasteiger partial charge is 0.261 e. The SMILES string of the molecule is CC[C@H](C(=O)NC)N(Cc1ccc(Cl)c(Cl)c1)C(=O)COc1ccc(Br)cc1. The largest absolute Gasteiger partial charge is 0.484 e. The number of halogens is 3. The molecule has 2 rings (SSSR count). The fourth-order valence-corrected chi connectivity index (χ4v) is 3.26. The zero-order chi connectivity index (χ0) is 20.7. The number of carbonyl (C=O) groups is 2. The van der Waals surface area contributed by atoms with Crippen LogP contribution in [0, 0.1) is 0 Å². The summed E-state index contributed by atoms with van der Waals surface area (Å²) >= 11 is 15.4. The molecular weight excluding hydrogens is 467 g/mol. The van der Waals surface area contributed by atoms with Gasteiger partial charge in [-0.25, -0.2) is 0 Å². The molecule has 0 unspecified atom stereocenters. The van der Waals surface area contributed by atoms with E-state index < -0.39 is 6.04 Å². The summed E-state index contributed by atoms with van der Waals surface area (Å²) in [6.07, 6.45) is 0.463. The van der Waals surface area contributed by atoms with Crippen molar-refractivity contribution in [1.29, 1.82) is 0 Å². The molecule has 8 heteroatoms. The number of hydrogen-bond donors (Lipinski definition) is 1. The number of carbonyl (C=O) groups excluding carboxylic acids is 2. The van der Waals surface area contributed by atoms with Crippen molar-refractivity contribution in [3.63, 3.8) is 0 Å². The number of amides is 2. The first-order chi connectivity index (χ1) is 13.3. The molecule has 5 nitrogen and oxygen atoms in total. The van der Waals surface area contributed by atoms with Crippen LogP contribution in [-0.2, 0) is 16.1 Å². The van der Waals surface area contributed by atoms with Crippen molar-refractivity contribution in [1.82, 2.24) is 10.2 Å². The first-order valence-corrected chi connectivity index (χ1v) is 10.2. The van der Waals surface area contributed by atoms with E-state index in [0.717, 1.165) is 10.0 Å². The average Bonchev–Trinajstić information content (AvgIpc) is 2.69. The lowest BCUT2D eigenvalue weighted by molar-refractivity contribution is -0.142. The van der Waals surface area contributed by atoms with Crippen molar-refractivity contribution in [3.8, 4) is 5.75 Å². The van der Waals surface area contributed by atoms with Crippen molar-refractivity contribution >= 4 is 50.9 Å². The summed E-state index contributed by atoms with van der Waals surface area (Å²) in [5.74, 6) is 0.0306. The lowest BCUT2D eigenvalue weighted by atomic mass is 10.1. The van der Waals surface area contributed by atoms with E-state index in [2.05, 4.69) is 21.2 Å². The second-order valence-electron chi connectivity index (χ2n) is 6.05. The Bertz CT molecular complexity index is 831. The number of hydrogen-bond acceptors (Lipinski definition) is 3. The van der Waals surface area contributed by atoms with Crippen molar-refractivity contribution in [2.24, 2.45) is 0 Å². The normalized spacial score (nSPS) is 11.6. The average molecular weight is 488 g/mol. The topological polar surface area (TPSA) is 58.6 Å². The number of rotatable bonds is 8. The number of nitrogens with one attached hydrogen (secondary N) is 1. The van der Waals surface area contributed by atoms with Crippen LogP contribution in [0.25, 0.3) is 0 Å². The first-order valence-electron chi connectivity index (χ1n) is 8.69. The summed E-state index contributed by atoms with van der Waals surface area (Å²) in [6.45, 7) is 1.88. The molecular formula is C20H21BrCl2N2O3. The van der Waals surface area contributed by atoms with Gasteiger partial charge in [-0.15, -0.1) is 0 Å². The Morgan fingerprint density at radius 3 is 2.39 bits per heavy atom. The molecule has 0 fully saturated rings. The summed E-state index contributed by atoms with van der Waals surface area (Å²) in [6, 6.07) is 11.7. The van der Waals surface area contributed by atoms with Crippen LogP contribution in [0.3, 0.4) is 0 Å². The molecule has 1 N–H and O–H groups in total. The van der Waals surface area contributed by atoms with E-state index in [-0.39, 0.29) is 25.0 Å². The van der Waals surface area contributed by atoms with Gasteiger partial charge < -0.3 is 15.0 Å². The van der Waals surface area contributed by atoms with Crippen LogP contribution >= 0.6 is 39.1 Å². The van der Waals surface area contributed by atoms with Crippen LogP contribution in [0.1, 0.15) is 18.9 Å². The van der Waals surface area contributed by atoms with E-state index in [4.69, 9.17) is 27.9 Å². The minimum Gasteiger partial charge on any atom is -0.484 e. The third-order valence-electron chi connectivity index (χ3n) is 4.15. The van der Waals surface area contributed by atoms with E-state index >= 15 is 0 Å². The quantitative estimate of drug-likeness (QED) is 0.587. The molecule has 0 spiro atoms. The van der Waals surface area contributed by atoms with Crippen molar-refractivity contribution < 1.29 is 14.3 Å². The highest BCUT2D eigenvalue weighted by Gasteiger charge is 2.28. The Morgan fingerprint density at radius 1 is 1.14 bits per heavy atom. The Balaban J connectivity index is 2.20. The lowest BCUT2D eigenvalue weighted by Gasteiger charge is -2.30. The Kier molecular flexibility index (Phi) is 8.60. The zero-order valence-electron chi connectivity index (χ0n) is 15.5. The van der Waals surface area contributed by atoms with Crippen LogP contribution in [0.15, 0.2) is 46.9 Å². The number of ether oxygens (including phenoxy) is 1. The van der Waals surface area contributed by atoms with Gasteiger partial charge in [-0.2, -0.15) is 0 Å². The van der Waals surface area contributed by atoms with Gasteiger partial charge in [0.05, 0.1) is 10.0 Å². The fourth-order valence-electron chi connectivity index (χ4n) is 2.68. The molecule has 0 radical (unpaired) electrons. The van der Waals surface area contributed by atoms with Crippen molar-refractivity contribution in [2.75, 3.05) is 13.7 Å². The Labute approximate surface area is 183 Å². The van der Waals surface area contributed by atoms with E-state index in [1.807, 2.05) is 19.1 Å². The molecule has 0 aliphatic carbocycles. The Morgan fingerprint density at radius 2 is 1.82 bits per heavy atom. The molecule has 0 bridgehead atoms. The lowest BCUT2D eigenvalue weighted by Crippen LogP contribution is -2.49. The molecule has 28 heavy (non-hydrogen) atoms. The maximum Gasteiger partial charge on any atom is 0.261 e. The van der Waals surface area contributed by atoms with Crippen LogP contribution in [0.5, 0.6) is 5.75 Å². The summed E-state index contributed by atoms with van der Waals surface area (Å²) in [7, 11) is 1.55. The van der Waals surface area contributed by atoms with Crippen LogP contribution < -0.4 is 10.1 Å². The molecule has 0 aromatic heterocycles. The number of likely N-dealkylation sites (N-methyl/N-ethyl adjacent to an activating group) is 1. The molecule has 2 aromatic carbocycles. The fraction of sp³-hybridized carbons (Fsp3) is 0.300. The molecule has 0 aliphatic rings. The number of nitrogens with zero attached hydrogens (tertiary/aromatic N) is 1. The highest BCUT2D eigenvalue weighted by Crippen LogP contribution is 2.24. The van der Waals surface area contributed by atoms with E-state index in [0.29, 0.717) is 22.2 Å². The molecule has 1 atom stereocenters. The molecule has 0 aliphatic heterocycles. The van der Waals surface area contributed by atoms with E-state index in [1.165, 1.54) is 4.90 Å². The van der Waals surface area contributed by atoms with E-state index in [9.17, 15) is 9.59 Å². The van der Waals surface area contributed by atoms with Gasteiger partial charge in [0.15, 0.2) is 6.61 Å². The van der Waals surface area contributed by atoms with Gasteiger partial charge in [0, 0.05) is 18.1 Å². The van der Waals surface area contributed by atoms with Gasteiger partial charge in [-0.3, -0.25) is 9.59 Å². The standard InChI is InChI=1S/C20H21BrCl2N2O3/c1-3-18(20(27)24-2)25(11-13-4-9-16(22)17(23)10-13)19(26)12-28-15-7-5-14(21)6-8-15/h4-10,18H,3,11-12H2,1-2H3,(H,24,27)/t18-/m1/s1. The second-order valence-corrected chi connectivity index (χ2v) is 7.78. The maximum atomic E-state index is 12.9. The van der Waals surface area contributed by atoms with Gasteiger partial charge in [0.25, 0.3) is 5.91 Å². The summed E-state index contributed by atoms with van der Waals surface area (Å²) in [4.78, 5) is 26.7. The number of benzene rings is 2. The van der Waals surface area contributed by atoms with E-state index in [1.54, 1.807) is 37.4 Å². The second kappa shape index (κ2) is 10.7. The maximum absolute atomic E-state index is 12.9. The monoisotopic (exact) mass is 486 g/mol. The summed E-state index contributed by atoms with van der Waals surface area (Å²) in [5.41, 5.74) is 0.772. The van der Waals surface area contributed by atoms with Crippen molar-refractivity contribution in [2.45, 2.75) is 25.9 Å². The minimum atomic E-state index is -0.625. The molecule has 2 amide bonds. The van der Waals surface area contributed by atoms with Crippen LogP contribution in [0.4, 0.5) is 0 Å². The predicted molar refractivity (Wildman–Crippen MR) is 115 cm³/mol. The minimum absolute atomic E-state index is 0.184. The highest BCUT2D eigenvalue weighted by molar-refractivity contribution is 9.10. The highest BCUT2D eigenvalue weighted by atomic mass is 79.9. The van der Waals surface area contributed by atoms with Crippen LogP contribution in [-0.4, -0.2) is 36.4 Å². The first kappa shape index (κ1) is 22.5. The van der Waals surface area contributed by atoms with Gasteiger partial charge in [0.1, 0.15) is 11.8 Å². The summed E-state index contributed by atoms with van der Waals surface area (Å²) in [5, 5.41) is 3.44. The van der Waals surface area contributed by atoms with Crippen molar-refractivity contribution in [3.05, 3.63) is 62.5 Å². The van der Waals surface area contributed by atoms with Crippen LogP contribution in [0.2, 0.25) is 10.0 Å². The third kappa shape index (κ3) is 6.12. The molecule has 150 valence electrons. The molecule has 2 aromatic rings. The Hall–Kier alpha value is -1.76. The zero-order valence-corrected chi connectivity index (χ0v) is 18.6. The summed E-state index contributed by atoms with van der Waals surface area (Å²) < 4.78 is 6.52. The molecule has 0 saturated heterocycles. The van der Waals surface area contributed by atoms with Gasteiger partial charge >= 0.3 is 0 Å². The predicted octanol–water partition coefficient (Wildman–Crippen LogP) is 4.69. The molecule has 0 heterocycles. The van der Waals surface area contributed by atoms with Gasteiger partial charge in [-0.1, -0.05) is 52.1 Å². The third-order valence-corrected chi connectivity index (χ3v) is 5.41. The van der Waals surface area contributed by atoms with Gasteiger partial charge in [-0.05, 0) is 48.4 Å². The van der Waals surface area contributed by atoms with Gasteiger partial charge in [0.2, 0.25) is 5.91 Å². The molecule has 0 saturated carbocycles.